The predicted octanol–water partition coefficient (Wildman–Crippen LogP) is 6.45. The summed E-state index contributed by atoms with van der Waals surface area (Å²) in [7, 11) is 3.65. The van der Waals surface area contributed by atoms with Crippen molar-refractivity contribution < 1.29 is 4.74 Å². The third-order valence-electron chi connectivity index (χ3n) is 5.97. The lowest BCUT2D eigenvalue weighted by molar-refractivity contribution is 0.415. The van der Waals surface area contributed by atoms with Crippen LogP contribution in [0, 0.1) is 0 Å². The number of nitrogens with zero attached hydrogens (tertiary/aromatic N) is 4. The van der Waals surface area contributed by atoms with Crippen molar-refractivity contribution in [1.82, 2.24) is 14.5 Å². The van der Waals surface area contributed by atoms with E-state index in [1.807, 2.05) is 66.2 Å². The third-order valence-corrected chi connectivity index (χ3v) is 5.97. The van der Waals surface area contributed by atoms with Crippen molar-refractivity contribution in [3.8, 4) is 5.75 Å². The largest absolute Gasteiger partial charge is 0.497 e. The Morgan fingerprint density at radius 1 is 0.943 bits per heavy atom. The number of ether oxygens (including phenoxy) is 1. The van der Waals surface area contributed by atoms with E-state index in [2.05, 4.69) is 47.6 Å². The van der Waals surface area contributed by atoms with E-state index >= 15 is 0 Å². The van der Waals surface area contributed by atoms with Crippen molar-refractivity contribution in [3.05, 3.63) is 108 Å². The molecule has 1 N–H and O–H groups in total. The highest BCUT2D eigenvalue weighted by Crippen LogP contribution is 2.31. The average Bonchev–Trinajstić information content (AvgIpc) is 3.28. The fourth-order valence-electron chi connectivity index (χ4n) is 4.09. The molecule has 0 unspecified atom stereocenters. The lowest BCUT2D eigenvalue weighted by Crippen LogP contribution is -2.04. The quantitative estimate of drug-likeness (QED) is 0.283. The van der Waals surface area contributed by atoms with E-state index in [0.717, 1.165) is 45.7 Å². The van der Waals surface area contributed by atoms with E-state index < -0.39 is 0 Å². The zero-order valence-corrected chi connectivity index (χ0v) is 20.1. The molecule has 5 rings (SSSR count). The van der Waals surface area contributed by atoms with Gasteiger partial charge < -0.3 is 14.6 Å². The second kappa shape index (κ2) is 9.81. The number of aliphatic imine (C=N–C) groups is 1. The molecular weight excluding hydrogens is 434 g/mol. The number of nitrogens with one attached hydrogen (secondary N) is 1. The number of fused-ring (bicyclic) bond motifs is 1. The molecular formula is C29H27N5O. The van der Waals surface area contributed by atoms with Crippen molar-refractivity contribution in [1.29, 1.82) is 0 Å². The standard InChI is InChI=1S/C29H27N5O/c1-4-20-15-16-23(35-3)17-24(20)31-26-18-25-28(30-19-34(25)2)29(32-26)33-27(21-11-7-5-8-12-21)22-13-9-6-10-14-22/h5-19H,4H2,1-3H3,(H,31,32). The van der Waals surface area contributed by atoms with E-state index in [4.69, 9.17) is 14.7 Å². The van der Waals surface area contributed by atoms with Gasteiger partial charge in [-0.3, -0.25) is 0 Å². The van der Waals surface area contributed by atoms with Gasteiger partial charge >= 0.3 is 0 Å². The molecule has 2 heterocycles. The molecule has 3 aromatic carbocycles. The Hall–Kier alpha value is -4.45. The predicted molar refractivity (Wildman–Crippen MR) is 142 cm³/mol. The van der Waals surface area contributed by atoms with Gasteiger partial charge in [-0.25, -0.2) is 15.0 Å². The maximum absolute atomic E-state index is 5.45. The van der Waals surface area contributed by atoms with Gasteiger partial charge in [-0.05, 0) is 18.1 Å². The summed E-state index contributed by atoms with van der Waals surface area (Å²) in [6.45, 7) is 2.13. The van der Waals surface area contributed by atoms with E-state index in [1.165, 1.54) is 5.56 Å². The van der Waals surface area contributed by atoms with E-state index in [1.54, 1.807) is 13.4 Å². The lowest BCUT2D eigenvalue weighted by atomic mass is 10.0. The van der Waals surface area contributed by atoms with Crippen LogP contribution in [0.4, 0.5) is 17.3 Å². The Labute approximate surface area is 205 Å². The van der Waals surface area contributed by atoms with Gasteiger partial charge in [-0.1, -0.05) is 73.7 Å². The highest BCUT2D eigenvalue weighted by Gasteiger charge is 2.14. The zero-order chi connectivity index (χ0) is 24.2. The van der Waals surface area contributed by atoms with Gasteiger partial charge in [-0.15, -0.1) is 0 Å². The number of aromatic nitrogens is 3. The molecule has 6 nitrogen and oxygen atoms in total. The molecule has 0 aliphatic heterocycles. The fourth-order valence-corrected chi connectivity index (χ4v) is 4.09. The van der Waals surface area contributed by atoms with Crippen LogP contribution >= 0.6 is 0 Å². The first-order chi connectivity index (χ1) is 17.2. The Morgan fingerprint density at radius 2 is 1.63 bits per heavy atom. The minimum absolute atomic E-state index is 0.564. The van der Waals surface area contributed by atoms with Crippen molar-refractivity contribution >= 4 is 34.1 Å². The molecule has 0 saturated carbocycles. The maximum atomic E-state index is 5.45. The summed E-state index contributed by atoms with van der Waals surface area (Å²) in [6, 6.07) is 28.4. The Bertz CT molecular complexity index is 1450. The average molecular weight is 462 g/mol. The van der Waals surface area contributed by atoms with Crippen molar-refractivity contribution in [2.24, 2.45) is 12.0 Å². The molecule has 174 valence electrons. The number of hydrogen-bond acceptors (Lipinski definition) is 5. The van der Waals surface area contributed by atoms with Crippen LogP contribution in [0.2, 0.25) is 0 Å². The highest BCUT2D eigenvalue weighted by molar-refractivity contribution is 6.14. The number of methoxy groups -OCH3 is 1. The minimum atomic E-state index is 0.564. The lowest BCUT2D eigenvalue weighted by Gasteiger charge is -2.13. The van der Waals surface area contributed by atoms with E-state index in [9.17, 15) is 0 Å². The van der Waals surface area contributed by atoms with Crippen LogP contribution in [-0.2, 0) is 13.5 Å². The van der Waals surface area contributed by atoms with Gasteiger partial charge in [0.1, 0.15) is 17.1 Å². The summed E-state index contributed by atoms with van der Waals surface area (Å²) in [5, 5.41) is 3.50. The fraction of sp³-hybridized carbons (Fsp3) is 0.138. The third kappa shape index (κ3) is 4.64. The summed E-state index contributed by atoms with van der Waals surface area (Å²) >= 11 is 0. The second-order valence-corrected chi connectivity index (χ2v) is 8.25. The van der Waals surface area contributed by atoms with Crippen LogP contribution in [0.3, 0.4) is 0 Å². The summed E-state index contributed by atoms with van der Waals surface area (Å²) in [5.74, 6) is 2.05. The molecule has 0 fully saturated rings. The summed E-state index contributed by atoms with van der Waals surface area (Å²) in [4.78, 5) is 14.6. The van der Waals surface area contributed by atoms with Gasteiger partial charge in [-0.2, -0.15) is 0 Å². The number of hydrogen-bond donors (Lipinski definition) is 1. The SMILES string of the molecule is CCc1ccc(OC)cc1Nc1cc2c(ncn2C)c(N=C(c2ccccc2)c2ccccc2)n1. The summed E-state index contributed by atoms with van der Waals surface area (Å²) in [5.41, 5.74) is 6.72. The van der Waals surface area contributed by atoms with Gasteiger partial charge in [0.15, 0.2) is 5.82 Å². The smallest absolute Gasteiger partial charge is 0.183 e. The number of anilines is 2. The van der Waals surface area contributed by atoms with Gasteiger partial charge in [0.25, 0.3) is 0 Å². The molecule has 0 amide bonds. The highest BCUT2D eigenvalue weighted by atomic mass is 16.5. The molecule has 0 bridgehead atoms. The monoisotopic (exact) mass is 461 g/mol. The molecule has 0 saturated heterocycles. The van der Waals surface area contributed by atoms with E-state index in [0.29, 0.717) is 11.6 Å². The molecule has 0 spiro atoms. The van der Waals surface area contributed by atoms with Crippen LogP contribution in [0.25, 0.3) is 11.0 Å². The maximum Gasteiger partial charge on any atom is 0.183 e. The number of aryl methyl sites for hydroxylation is 2. The van der Waals surface area contributed by atoms with Crippen LogP contribution in [0.5, 0.6) is 5.75 Å². The minimum Gasteiger partial charge on any atom is -0.497 e. The number of benzene rings is 3. The Balaban J connectivity index is 1.67. The molecule has 0 aliphatic rings. The van der Waals surface area contributed by atoms with E-state index in [-0.39, 0.29) is 0 Å². The first kappa shape index (κ1) is 22.3. The van der Waals surface area contributed by atoms with Crippen molar-refractivity contribution in [3.63, 3.8) is 0 Å². The Kier molecular flexibility index (Phi) is 6.26. The van der Waals surface area contributed by atoms with Gasteiger partial charge in [0, 0.05) is 36.0 Å². The van der Waals surface area contributed by atoms with Crippen molar-refractivity contribution in [2.75, 3.05) is 12.4 Å². The normalized spacial score (nSPS) is 10.8. The summed E-state index contributed by atoms with van der Waals surface area (Å²) in [6.07, 6.45) is 2.68. The van der Waals surface area contributed by atoms with Crippen molar-refractivity contribution in [2.45, 2.75) is 13.3 Å². The number of imidazole rings is 1. The second-order valence-electron chi connectivity index (χ2n) is 8.25. The van der Waals surface area contributed by atoms with Gasteiger partial charge in [0.05, 0.1) is 24.7 Å². The molecule has 0 atom stereocenters. The van der Waals surface area contributed by atoms with Crippen LogP contribution < -0.4 is 10.1 Å². The van der Waals surface area contributed by atoms with Gasteiger partial charge in [0.2, 0.25) is 0 Å². The first-order valence-corrected chi connectivity index (χ1v) is 11.6. The molecule has 0 aliphatic carbocycles. The molecule has 2 aromatic heterocycles. The topological polar surface area (TPSA) is 64.3 Å². The summed E-state index contributed by atoms with van der Waals surface area (Å²) < 4.78 is 7.43. The number of pyridine rings is 1. The molecule has 5 aromatic rings. The first-order valence-electron chi connectivity index (χ1n) is 11.6. The molecule has 35 heavy (non-hydrogen) atoms. The Morgan fingerprint density at radius 3 is 2.26 bits per heavy atom. The van der Waals surface area contributed by atoms with Crippen LogP contribution in [0.1, 0.15) is 23.6 Å². The number of rotatable bonds is 7. The van der Waals surface area contributed by atoms with Crippen LogP contribution in [0.15, 0.2) is 96.2 Å². The molecule has 0 radical (unpaired) electrons. The zero-order valence-electron chi connectivity index (χ0n) is 20.1. The molecule has 6 heteroatoms. The van der Waals surface area contributed by atoms with Crippen LogP contribution in [-0.4, -0.2) is 27.4 Å².